The molecule has 2 atom stereocenters. The van der Waals surface area contributed by atoms with Crippen molar-refractivity contribution in [2.24, 2.45) is 5.92 Å². The molecule has 1 heterocycles. The Labute approximate surface area is 80.9 Å². The number of nitrogens with zero attached hydrogens (tertiary/aromatic N) is 3. The zero-order valence-electron chi connectivity index (χ0n) is 8.82. The van der Waals surface area contributed by atoms with E-state index in [1.54, 1.807) is 0 Å². The molecule has 0 aromatic heterocycles. The molecule has 0 spiro atoms. The van der Waals surface area contributed by atoms with Crippen LogP contribution in [0.3, 0.4) is 0 Å². The van der Waals surface area contributed by atoms with Gasteiger partial charge in [0.25, 0.3) is 0 Å². The van der Waals surface area contributed by atoms with Gasteiger partial charge in [-0.3, -0.25) is 0 Å². The summed E-state index contributed by atoms with van der Waals surface area (Å²) in [4.78, 5) is 4.65. The maximum Gasteiger partial charge on any atom is 0.0638 e. The summed E-state index contributed by atoms with van der Waals surface area (Å²) < 4.78 is 0. The summed E-state index contributed by atoms with van der Waals surface area (Å²) in [6, 6.07) is 2.68. The second-order valence-corrected chi connectivity index (χ2v) is 4.28. The first-order valence-electron chi connectivity index (χ1n) is 4.89. The molecular formula is C10H19N3. The van der Waals surface area contributed by atoms with Crippen LogP contribution in [0.5, 0.6) is 0 Å². The van der Waals surface area contributed by atoms with Crippen molar-refractivity contribution < 1.29 is 0 Å². The Morgan fingerprint density at radius 2 is 2.00 bits per heavy atom. The highest BCUT2D eigenvalue weighted by atomic mass is 15.2. The van der Waals surface area contributed by atoms with Crippen LogP contribution in [-0.4, -0.2) is 49.6 Å². The van der Waals surface area contributed by atoms with Gasteiger partial charge in [0, 0.05) is 25.7 Å². The van der Waals surface area contributed by atoms with Gasteiger partial charge in [0.05, 0.1) is 12.5 Å². The third-order valence-corrected chi connectivity index (χ3v) is 2.70. The zero-order valence-corrected chi connectivity index (χ0v) is 8.82. The molecule has 13 heavy (non-hydrogen) atoms. The van der Waals surface area contributed by atoms with Crippen molar-refractivity contribution in [3.8, 4) is 6.07 Å². The molecular weight excluding hydrogens is 162 g/mol. The SMILES string of the molecule is CC1CN(C)CC(CC#N)N(C)C1. The molecule has 3 heteroatoms. The highest BCUT2D eigenvalue weighted by Crippen LogP contribution is 2.12. The van der Waals surface area contributed by atoms with Crippen molar-refractivity contribution in [3.05, 3.63) is 0 Å². The van der Waals surface area contributed by atoms with Crippen LogP contribution >= 0.6 is 0 Å². The molecule has 1 rings (SSSR count). The first-order valence-corrected chi connectivity index (χ1v) is 4.89. The maximum absolute atomic E-state index is 8.69. The van der Waals surface area contributed by atoms with Gasteiger partial charge in [-0.25, -0.2) is 0 Å². The lowest BCUT2D eigenvalue weighted by atomic mass is 10.1. The molecule has 1 aliphatic rings. The monoisotopic (exact) mass is 181 g/mol. The number of likely N-dealkylation sites (N-methyl/N-ethyl adjacent to an activating group) is 2. The highest BCUT2D eigenvalue weighted by molar-refractivity contribution is 4.86. The van der Waals surface area contributed by atoms with Gasteiger partial charge in [0.15, 0.2) is 0 Å². The van der Waals surface area contributed by atoms with Crippen molar-refractivity contribution in [2.75, 3.05) is 33.7 Å². The van der Waals surface area contributed by atoms with Gasteiger partial charge < -0.3 is 9.80 Å². The van der Waals surface area contributed by atoms with E-state index in [-0.39, 0.29) is 0 Å². The van der Waals surface area contributed by atoms with Crippen LogP contribution in [0.1, 0.15) is 13.3 Å². The first kappa shape index (κ1) is 10.5. The van der Waals surface area contributed by atoms with E-state index in [9.17, 15) is 0 Å². The van der Waals surface area contributed by atoms with Gasteiger partial charge in [-0.2, -0.15) is 5.26 Å². The molecule has 0 amide bonds. The molecule has 1 saturated heterocycles. The van der Waals surface area contributed by atoms with E-state index < -0.39 is 0 Å². The van der Waals surface area contributed by atoms with Crippen molar-refractivity contribution in [1.82, 2.24) is 9.80 Å². The standard InChI is InChI=1S/C10H19N3/c1-9-6-12(2)8-10(4-5-11)13(3)7-9/h9-10H,4,6-8H2,1-3H3. The minimum absolute atomic E-state index is 0.417. The van der Waals surface area contributed by atoms with Crippen molar-refractivity contribution in [3.63, 3.8) is 0 Å². The van der Waals surface area contributed by atoms with E-state index in [2.05, 4.69) is 36.9 Å². The topological polar surface area (TPSA) is 30.3 Å². The highest BCUT2D eigenvalue weighted by Gasteiger charge is 2.23. The van der Waals surface area contributed by atoms with Gasteiger partial charge in [0.1, 0.15) is 0 Å². The summed E-state index contributed by atoms with van der Waals surface area (Å²) in [6.45, 7) is 5.54. The van der Waals surface area contributed by atoms with Crippen molar-refractivity contribution in [1.29, 1.82) is 5.26 Å². The minimum Gasteiger partial charge on any atom is -0.304 e. The van der Waals surface area contributed by atoms with E-state index in [0.29, 0.717) is 18.4 Å². The number of hydrogen-bond donors (Lipinski definition) is 0. The van der Waals surface area contributed by atoms with E-state index in [1.807, 2.05) is 0 Å². The molecule has 3 nitrogen and oxygen atoms in total. The number of nitriles is 1. The minimum atomic E-state index is 0.417. The quantitative estimate of drug-likeness (QED) is 0.599. The van der Waals surface area contributed by atoms with Crippen LogP contribution in [-0.2, 0) is 0 Å². The Balaban J connectivity index is 2.58. The lowest BCUT2D eigenvalue weighted by molar-refractivity contribution is 0.225. The Hall–Kier alpha value is -0.590. The Morgan fingerprint density at radius 1 is 1.31 bits per heavy atom. The summed E-state index contributed by atoms with van der Waals surface area (Å²) in [7, 11) is 4.26. The summed E-state index contributed by atoms with van der Waals surface area (Å²) in [6.07, 6.45) is 0.646. The normalized spacial score (nSPS) is 32.5. The number of hydrogen-bond acceptors (Lipinski definition) is 3. The molecule has 0 aromatic carbocycles. The third-order valence-electron chi connectivity index (χ3n) is 2.70. The molecule has 1 aliphatic heterocycles. The lowest BCUT2D eigenvalue weighted by Crippen LogP contribution is -2.37. The second-order valence-electron chi connectivity index (χ2n) is 4.28. The average Bonchev–Trinajstić information content (AvgIpc) is 2.12. The Kier molecular flexibility index (Phi) is 3.71. The van der Waals surface area contributed by atoms with Crippen LogP contribution in [0.2, 0.25) is 0 Å². The van der Waals surface area contributed by atoms with Gasteiger partial charge in [-0.05, 0) is 20.0 Å². The predicted molar refractivity (Wildman–Crippen MR) is 53.3 cm³/mol. The fourth-order valence-corrected chi connectivity index (χ4v) is 2.13. The van der Waals surface area contributed by atoms with Crippen molar-refractivity contribution >= 4 is 0 Å². The second kappa shape index (κ2) is 4.59. The van der Waals surface area contributed by atoms with E-state index in [4.69, 9.17) is 5.26 Å². The van der Waals surface area contributed by atoms with Crippen molar-refractivity contribution in [2.45, 2.75) is 19.4 Å². The summed E-state index contributed by atoms with van der Waals surface area (Å²) in [5.41, 5.74) is 0. The van der Waals surface area contributed by atoms with Crippen LogP contribution in [0, 0.1) is 17.2 Å². The molecule has 74 valence electrons. The van der Waals surface area contributed by atoms with E-state index in [0.717, 1.165) is 19.6 Å². The average molecular weight is 181 g/mol. The van der Waals surface area contributed by atoms with Gasteiger partial charge in [-0.15, -0.1) is 0 Å². The predicted octanol–water partition coefficient (Wildman–Crippen LogP) is 0.782. The third kappa shape index (κ3) is 2.98. The van der Waals surface area contributed by atoms with Crippen LogP contribution in [0.25, 0.3) is 0 Å². The molecule has 0 saturated carbocycles. The summed E-state index contributed by atoms with van der Waals surface area (Å²) in [5.74, 6) is 0.707. The van der Waals surface area contributed by atoms with Gasteiger partial charge in [0.2, 0.25) is 0 Å². The van der Waals surface area contributed by atoms with E-state index >= 15 is 0 Å². The summed E-state index contributed by atoms with van der Waals surface area (Å²) in [5, 5.41) is 8.69. The number of rotatable bonds is 1. The zero-order chi connectivity index (χ0) is 9.84. The fraction of sp³-hybridized carbons (Fsp3) is 0.900. The Bertz CT molecular complexity index is 197. The molecule has 2 unspecified atom stereocenters. The van der Waals surface area contributed by atoms with Gasteiger partial charge >= 0.3 is 0 Å². The lowest BCUT2D eigenvalue weighted by Gasteiger charge is -2.25. The maximum atomic E-state index is 8.69. The summed E-state index contributed by atoms with van der Waals surface area (Å²) >= 11 is 0. The van der Waals surface area contributed by atoms with Crippen LogP contribution < -0.4 is 0 Å². The van der Waals surface area contributed by atoms with Gasteiger partial charge in [-0.1, -0.05) is 6.92 Å². The molecule has 0 bridgehead atoms. The van der Waals surface area contributed by atoms with Crippen LogP contribution in [0.15, 0.2) is 0 Å². The molecule has 0 radical (unpaired) electrons. The molecule has 0 aromatic rings. The fourth-order valence-electron chi connectivity index (χ4n) is 2.13. The molecule has 0 N–H and O–H groups in total. The molecule has 0 aliphatic carbocycles. The first-order chi connectivity index (χ1) is 6.13. The van der Waals surface area contributed by atoms with Crippen LogP contribution in [0.4, 0.5) is 0 Å². The van der Waals surface area contributed by atoms with E-state index in [1.165, 1.54) is 0 Å². The Morgan fingerprint density at radius 3 is 2.62 bits per heavy atom. The largest absolute Gasteiger partial charge is 0.304 e. The smallest absolute Gasteiger partial charge is 0.0638 e. The molecule has 1 fully saturated rings.